The van der Waals surface area contributed by atoms with Crippen molar-refractivity contribution in [2.24, 2.45) is 0 Å². The van der Waals surface area contributed by atoms with Crippen LogP contribution in [-0.2, 0) is 11.4 Å². The standard InChI is InChI=1S/C19H15BrN2O5S/c1-2-21-18(23)17(28-19(21)24)10-13-9-14(20)6-7-16(13)27-11-12-4-3-5-15(8-12)22(25)26/h3-10H,2,11H2,1H3/b17-10-. The van der Waals surface area contributed by atoms with E-state index in [0.717, 1.165) is 16.2 Å². The third-order valence-corrected chi connectivity index (χ3v) is 5.36. The van der Waals surface area contributed by atoms with Crippen molar-refractivity contribution in [3.8, 4) is 5.75 Å². The van der Waals surface area contributed by atoms with E-state index in [-0.39, 0.29) is 23.4 Å². The number of thioether (sulfide) groups is 1. The number of non-ortho nitro benzene ring substituents is 1. The molecule has 0 unspecified atom stereocenters. The number of amides is 2. The molecule has 0 radical (unpaired) electrons. The number of rotatable bonds is 6. The molecule has 144 valence electrons. The molecule has 1 aliphatic heterocycles. The number of carbonyl (C=O) groups is 2. The zero-order valence-corrected chi connectivity index (χ0v) is 17.2. The number of hydrogen-bond acceptors (Lipinski definition) is 6. The van der Waals surface area contributed by atoms with Gasteiger partial charge in [0.2, 0.25) is 0 Å². The lowest BCUT2D eigenvalue weighted by molar-refractivity contribution is -0.384. The number of nitro groups is 1. The third kappa shape index (κ3) is 4.42. The van der Waals surface area contributed by atoms with Gasteiger partial charge in [-0.3, -0.25) is 24.6 Å². The zero-order valence-electron chi connectivity index (χ0n) is 14.8. The van der Waals surface area contributed by atoms with Crippen LogP contribution in [0.25, 0.3) is 6.08 Å². The first-order chi connectivity index (χ1) is 13.4. The summed E-state index contributed by atoms with van der Waals surface area (Å²) in [6.45, 7) is 2.18. The SMILES string of the molecule is CCN1C(=O)S/C(=C\c2cc(Br)ccc2OCc2cccc([N+](=O)[O-])c2)C1=O. The maximum Gasteiger partial charge on any atom is 0.293 e. The first-order valence-corrected chi connectivity index (χ1v) is 9.91. The predicted octanol–water partition coefficient (Wildman–Crippen LogP) is 4.99. The molecule has 0 aliphatic carbocycles. The molecular formula is C19H15BrN2O5S. The Labute approximate surface area is 173 Å². The maximum atomic E-state index is 12.3. The molecule has 0 aromatic heterocycles. The molecule has 0 spiro atoms. The van der Waals surface area contributed by atoms with Crippen LogP contribution in [-0.4, -0.2) is 27.5 Å². The summed E-state index contributed by atoms with van der Waals surface area (Å²) >= 11 is 4.28. The van der Waals surface area contributed by atoms with Crippen LogP contribution in [0, 0.1) is 10.1 Å². The Morgan fingerprint density at radius 3 is 2.71 bits per heavy atom. The second-order valence-electron chi connectivity index (χ2n) is 5.82. The van der Waals surface area contributed by atoms with Gasteiger partial charge in [0.25, 0.3) is 16.8 Å². The molecule has 28 heavy (non-hydrogen) atoms. The van der Waals surface area contributed by atoms with Gasteiger partial charge < -0.3 is 4.74 Å². The van der Waals surface area contributed by atoms with Crippen molar-refractivity contribution >= 4 is 50.6 Å². The molecule has 0 N–H and O–H groups in total. The van der Waals surface area contributed by atoms with E-state index in [1.54, 1.807) is 43.3 Å². The summed E-state index contributed by atoms with van der Waals surface area (Å²) < 4.78 is 6.62. The molecule has 2 aromatic carbocycles. The second-order valence-corrected chi connectivity index (χ2v) is 7.73. The minimum Gasteiger partial charge on any atom is -0.488 e. The van der Waals surface area contributed by atoms with E-state index in [9.17, 15) is 19.7 Å². The van der Waals surface area contributed by atoms with Crippen molar-refractivity contribution in [1.82, 2.24) is 4.90 Å². The summed E-state index contributed by atoms with van der Waals surface area (Å²) in [5, 5.41) is 10.6. The average Bonchev–Trinajstić information content (AvgIpc) is 2.94. The van der Waals surface area contributed by atoms with Gasteiger partial charge in [0, 0.05) is 28.7 Å². The highest BCUT2D eigenvalue weighted by molar-refractivity contribution is 9.10. The number of halogens is 1. The number of benzene rings is 2. The lowest BCUT2D eigenvalue weighted by Gasteiger charge is -2.11. The van der Waals surface area contributed by atoms with E-state index in [4.69, 9.17) is 4.74 Å². The number of hydrogen-bond donors (Lipinski definition) is 0. The largest absolute Gasteiger partial charge is 0.488 e. The summed E-state index contributed by atoms with van der Waals surface area (Å²) in [5.74, 6) is 0.167. The van der Waals surface area contributed by atoms with Crippen molar-refractivity contribution in [3.05, 3.63) is 73.1 Å². The Balaban J connectivity index is 1.85. The normalized spacial score (nSPS) is 15.4. The Hall–Kier alpha value is -2.65. The molecule has 2 aromatic rings. The topological polar surface area (TPSA) is 89.8 Å². The fourth-order valence-electron chi connectivity index (χ4n) is 2.60. The Bertz CT molecular complexity index is 992. The zero-order chi connectivity index (χ0) is 20.3. The molecule has 2 amide bonds. The minimum absolute atomic E-state index is 0.00892. The van der Waals surface area contributed by atoms with Crippen LogP contribution >= 0.6 is 27.7 Å². The van der Waals surface area contributed by atoms with Gasteiger partial charge in [0.15, 0.2) is 0 Å². The molecular weight excluding hydrogens is 448 g/mol. The summed E-state index contributed by atoms with van der Waals surface area (Å²) in [6, 6.07) is 11.5. The van der Waals surface area contributed by atoms with Gasteiger partial charge in [0.1, 0.15) is 12.4 Å². The summed E-state index contributed by atoms with van der Waals surface area (Å²) in [4.78, 5) is 36.2. The molecule has 9 heteroatoms. The number of ether oxygens (including phenoxy) is 1. The summed E-state index contributed by atoms with van der Waals surface area (Å²) in [5.41, 5.74) is 1.26. The van der Waals surface area contributed by atoms with Crippen molar-refractivity contribution in [2.75, 3.05) is 6.54 Å². The van der Waals surface area contributed by atoms with Gasteiger partial charge in [-0.15, -0.1) is 0 Å². The summed E-state index contributed by atoms with van der Waals surface area (Å²) in [6.07, 6.45) is 1.62. The van der Waals surface area contributed by atoms with Crippen LogP contribution in [0.15, 0.2) is 51.8 Å². The average molecular weight is 463 g/mol. The number of likely N-dealkylation sites (N-methyl/N-ethyl adjacent to an activating group) is 1. The Morgan fingerprint density at radius 2 is 2.04 bits per heavy atom. The van der Waals surface area contributed by atoms with Crippen molar-refractivity contribution in [1.29, 1.82) is 0 Å². The van der Waals surface area contributed by atoms with Crippen LogP contribution in [0.3, 0.4) is 0 Å². The monoisotopic (exact) mass is 462 g/mol. The van der Waals surface area contributed by atoms with Gasteiger partial charge in [-0.05, 0) is 48.5 Å². The van der Waals surface area contributed by atoms with E-state index in [1.165, 1.54) is 17.0 Å². The lowest BCUT2D eigenvalue weighted by atomic mass is 10.1. The van der Waals surface area contributed by atoms with Gasteiger partial charge in [-0.2, -0.15) is 0 Å². The van der Waals surface area contributed by atoms with Crippen LogP contribution < -0.4 is 4.74 Å². The predicted molar refractivity (Wildman–Crippen MR) is 110 cm³/mol. The fraction of sp³-hybridized carbons (Fsp3) is 0.158. The molecule has 1 heterocycles. The van der Waals surface area contributed by atoms with Crippen LogP contribution in [0.4, 0.5) is 10.5 Å². The van der Waals surface area contributed by atoms with Gasteiger partial charge in [-0.25, -0.2) is 0 Å². The van der Waals surface area contributed by atoms with Crippen LogP contribution in [0.5, 0.6) is 5.75 Å². The molecule has 0 atom stereocenters. The van der Waals surface area contributed by atoms with E-state index < -0.39 is 4.92 Å². The first-order valence-electron chi connectivity index (χ1n) is 8.30. The fourth-order valence-corrected chi connectivity index (χ4v) is 3.87. The molecule has 3 rings (SSSR count). The van der Waals surface area contributed by atoms with E-state index in [2.05, 4.69) is 15.9 Å². The summed E-state index contributed by atoms with van der Waals surface area (Å²) in [7, 11) is 0. The molecule has 0 saturated carbocycles. The minimum atomic E-state index is -0.460. The van der Waals surface area contributed by atoms with Crippen LogP contribution in [0.1, 0.15) is 18.1 Å². The van der Waals surface area contributed by atoms with Crippen molar-refractivity contribution in [3.63, 3.8) is 0 Å². The number of carbonyl (C=O) groups excluding carboxylic acids is 2. The number of nitrogens with zero attached hydrogens (tertiary/aromatic N) is 2. The number of nitro benzene ring substituents is 1. The highest BCUT2D eigenvalue weighted by Crippen LogP contribution is 2.35. The quantitative estimate of drug-likeness (QED) is 0.341. The molecule has 1 saturated heterocycles. The first kappa shape index (κ1) is 20.1. The van der Waals surface area contributed by atoms with E-state index in [1.807, 2.05) is 0 Å². The maximum absolute atomic E-state index is 12.3. The highest BCUT2D eigenvalue weighted by Gasteiger charge is 2.33. The lowest BCUT2D eigenvalue weighted by Crippen LogP contribution is -2.27. The smallest absolute Gasteiger partial charge is 0.293 e. The molecule has 7 nitrogen and oxygen atoms in total. The number of imide groups is 1. The van der Waals surface area contributed by atoms with Gasteiger partial charge in [0.05, 0.1) is 9.83 Å². The van der Waals surface area contributed by atoms with Gasteiger partial charge >= 0.3 is 0 Å². The van der Waals surface area contributed by atoms with E-state index in [0.29, 0.717) is 28.3 Å². The molecule has 1 aliphatic rings. The van der Waals surface area contributed by atoms with E-state index >= 15 is 0 Å². The molecule has 0 bridgehead atoms. The van der Waals surface area contributed by atoms with Crippen molar-refractivity contribution in [2.45, 2.75) is 13.5 Å². The Kier molecular flexibility index (Phi) is 6.15. The van der Waals surface area contributed by atoms with Crippen LogP contribution in [0.2, 0.25) is 0 Å². The van der Waals surface area contributed by atoms with Gasteiger partial charge in [-0.1, -0.05) is 28.1 Å². The third-order valence-electron chi connectivity index (χ3n) is 3.96. The highest BCUT2D eigenvalue weighted by atomic mass is 79.9. The Morgan fingerprint density at radius 1 is 1.25 bits per heavy atom. The second kappa shape index (κ2) is 8.57. The molecule has 1 fully saturated rings. The van der Waals surface area contributed by atoms with Crippen molar-refractivity contribution < 1.29 is 19.2 Å².